The summed E-state index contributed by atoms with van der Waals surface area (Å²) in [7, 11) is 0. The first kappa shape index (κ1) is 18.0. The van der Waals surface area contributed by atoms with Gasteiger partial charge in [-0.1, -0.05) is 47.5 Å². The molecular weight excluding hydrogens is 355 g/mol. The average Bonchev–Trinajstić information content (AvgIpc) is 2.61. The predicted molar refractivity (Wildman–Crippen MR) is 103 cm³/mol. The topological polar surface area (TPSA) is 23.6 Å². The fraction of sp³-hybridized carbons (Fsp3) is 0.250. The molecule has 0 unspecified atom stereocenters. The second kappa shape index (κ2) is 8.52. The van der Waals surface area contributed by atoms with E-state index in [0.717, 1.165) is 37.7 Å². The maximum absolute atomic E-state index is 12.2. The first-order valence-corrected chi connectivity index (χ1v) is 9.05. The summed E-state index contributed by atoms with van der Waals surface area (Å²) >= 11 is 12.1. The first-order valence-electron chi connectivity index (χ1n) is 8.30. The number of benzene rings is 2. The molecular formula is C20H20Cl2N2O. The van der Waals surface area contributed by atoms with Crippen LogP contribution in [-0.4, -0.2) is 41.8 Å². The van der Waals surface area contributed by atoms with Gasteiger partial charge in [-0.15, -0.1) is 0 Å². The monoisotopic (exact) mass is 374 g/mol. The van der Waals surface area contributed by atoms with Crippen LogP contribution in [0.1, 0.15) is 15.9 Å². The molecule has 3 rings (SSSR count). The Morgan fingerprint density at radius 3 is 2.48 bits per heavy atom. The largest absolute Gasteiger partial charge is 0.375 e. The number of nitrogens with zero attached hydrogens (tertiary/aromatic N) is 2. The van der Waals surface area contributed by atoms with Gasteiger partial charge in [0.25, 0.3) is 0 Å². The van der Waals surface area contributed by atoms with Gasteiger partial charge in [-0.25, -0.2) is 0 Å². The van der Waals surface area contributed by atoms with Gasteiger partial charge in [-0.2, -0.15) is 0 Å². The van der Waals surface area contributed by atoms with Gasteiger partial charge in [0.1, 0.15) is 0 Å². The van der Waals surface area contributed by atoms with E-state index in [9.17, 15) is 4.79 Å². The van der Waals surface area contributed by atoms with Crippen molar-refractivity contribution in [1.29, 1.82) is 0 Å². The van der Waals surface area contributed by atoms with Gasteiger partial charge < -0.3 is 4.90 Å². The summed E-state index contributed by atoms with van der Waals surface area (Å²) in [5, 5.41) is 1.26. The predicted octanol–water partition coefficient (Wildman–Crippen LogP) is 4.51. The highest BCUT2D eigenvalue weighted by atomic mass is 35.5. The molecule has 25 heavy (non-hydrogen) atoms. The molecule has 1 fully saturated rings. The molecule has 1 aliphatic heterocycles. The molecule has 1 heterocycles. The van der Waals surface area contributed by atoms with E-state index in [1.54, 1.807) is 18.2 Å². The van der Waals surface area contributed by atoms with Gasteiger partial charge in [0, 0.05) is 55.6 Å². The summed E-state index contributed by atoms with van der Waals surface area (Å²) in [6, 6.07) is 15.1. The van der Waals surface area contributed by atoms with Gasteiger partial charge >= 0.3 is 0 Å². The third-order valence-corrected chi connectivity index (χ3v) is 4.84. The molecule has 2 aromatic carbocycles. The highest BCUT2D eigenvalue weighted by Crippen LogP contribution is 2.17. The molecule has 0 aromatic heterocycles. The van der Waals surface area contributed by atoms with Crippen LogP contribution in [0.15, 0.2) is 60.8 Å². The minimum absolute atomic E-state index is 0.0630. The molecule has 0 aliphatic carbocycles. The lowest BCUT2D eigenvalue weighted by Gasteiger charge is -2.34. The number of halogens is 2. The molecule has 3 nitrogen and oxygen atoms in total. The lowest BCUT2D eigenvalue weighted by Crippen LogP contribution is -2.43. The van der Waals surface area contributed by atoms with Crippen LogP contribution in [0.4, 0.5) is 0 Å². The van der Waals surface area contributed by atoms with Gasteiger partial charge in [-0.3, -0.25) is 9.69 Å². The second-order valence-corrected chi connectivity index (χ2v) is 6.95. The van der Waals surface area contributed by atoms with E-state index in [2.05, 4.69) is 15.9 Å². The van der Waals surface area contributed by atoms with Crippen molar-refractivity contribution in [3.05, 3.63) is 82.0 Å². The Balaban J connectivity index is 1.51. The third kappa shape index (κ3) is 5.08. The Morgan fingerprint density at radius 2 is 1.76 bits per heavy atom. The Hall–Kier alpha value is -1.81. The molecule has 130 valence electrons. The van der Waals surface area contributed by atoms with Crippen LogP contribution in [-0.2, 0) is 6.54 Å². The van der Waals surface area contributed by atoms with E-state index in [1.165, 1.54) is 5.56 Å². The molecule has 0 N–H and O–H groups in total. The molecule has 0 radical (unpaired) electrons. The number of carbonyl (C=O) groups is 1. The summed E-state index contributed by atoms with van der Waals surface area (Å²) < 4.78 is 0. The van der Waals surface area contributed by atoms with Crippen LogP contribution in [0, 0.1) is 0 Å². The Labute approximate surface area is 158 Å². The normalized spacial score (nSPS) is 15.7. The zero-order valence-electron chi connectivity index (χ0n) is 13.9. The van der Waals surface area contributed by atoms with Gasteiger partial charge in [0.05, 0.1) is 5.02 Å². The molecule has 1 saturated heterocycles. The van der Waals surface area contributed by atoms with E-state index < -0.39 is 0 Å². The Bertz CT molecular complexity index is 768. The van der Waals surface area contributed by atoms with Crippen LogP contribution in [0.5, 0.6) is 0 Å². The second-order valence-electron chi connectivity index (χ2n) is 6.10. The number of rotatable bonds is 5. The quantitative estimate of drug-likeness (QED) is 0.568. The smallest absolute Gasteiger partial charge is 0.188 e. The Kier molecular flexibility index (Phi) is 6.14. The molecule has 5 heteroatoms. The maximum Gasteiger partial charge on any atom is 0.188 e. The van der Waals surface area contributed by atoms with Gasteiger partial charge in [-0.05, 0) is 29.8 Å². The molecule has 1 aliphatic rings. The molecule has 0 amide bonds. The summed E-state index contributed by atoms with van der Waals surface area (Å²) in [4.78, 5) is 16.8. The number of allylic oxidation sites excluding steroid dienone is 1. The number of piperazine rings is 1. The number of ketones is 1. The average molecular weight is 375 g/mol. The van der Waals surface area contributed by atoms with Crippen molar-refractivity contribution < 1.29 is 4.79 Å². The first-order chi connectivity index (χ1) is 12.1. The van der Waals surface area contributed by atoms with E-state index in [4.69, 9.17) is 23.2 Å². The fourth-order valence-electron chi connectivity index (χ4n) is 2.89. The molecule has 0 spiro atoms. The zero-order valence-corrected chi connectivity index (χ0v) is 15.4. The number of hydrogen-bond donors (Lipinski definition) is 0. The number of hydrogen-bond acceptors (Lipinski definition) is 3. The fourth-order valence-corrected chi connectivity index (χ4v) is 3.33. The van der Waals surface area contributed by atoms with Crippen molar-refractivity contribution in [2.24, 2.45) is 0 Å². The van der Waals surface area contributed by atoms with E-state index >= 15 is 0 Å². The lowest BCUT2D eigenvalue weighted by molar-refractivity contribution is 0.104. The zero-order chi connectivity index (χ0) is 17.6. The highest BCUT2D eigenvalue weighted by molar-refractivity contribution is 6.34. The minimum Gasteiger partial charge on any atom is -0.375 e. The minimum atomic E-state index is -0.0630. The van der Waals surface area contributed by atoms with Crippen LogP contribution in [0.25, 0.3) is 0 Å². The lowest BCUT2D eigenvalue weighted by atomic mass is 10.1. The number of carbonyl (C=O) groups excluding carboxylic acids is 1. The van der Waals surface area contributed by atoms with E-state index in [-0.39, 0.29) is 5.78 Å². The van der Waals surface area contributed by atoms with Crippen molar-refractivity contribution in [3.8, 4) is 0 Å². The molecule has 0 bridgehead atoms. The van der Waals surface area contributed by atoms with Crippen LogP contribution >= 0.6 is 23.2 Å². The summed E-state index contributed by atoms with van der Waals surface area (Å²) in [6.45, 7) is 4.60. The summed E-state index contributed by atoms with van der Waals surface area (Å²) in [5.74, 6) is -0.0630. The van der Waals surface area contributed by atoms with Crippen LogP contribution in [0.2, 0.25) is 10.0 Å². The third-order valence-electron chi connectivity index (χ3n) is 4.28. The van der Waals surface area contributed by atoms with Crippen LogP contribution in [0.3, 0.4) is 0 Å². The standard InChI is InChI=1S/C20H20Cl2N2O/c21-17-5-3-4-16(14-17)15-24-12-10-23(11-13-24)9-8-20(25)18-6-1-2-7-19(18)22/h1-9,14H,10-13,15H2/b9-8+. The maximum atomic E-state index is 12.2. The molecule has 0 atom stereocenters. The highest BCUT2D eigenvalue weighted by Gasteiger charge is 2.15. The van der Waals surface area contributed by atoms with Crippen molar-refractivity contribution >= 4 is 29.0 Å². The van der Waals surface area contributed by atoms with Crippen molar-refractivity contribution in [2.45, 2.75) is 6.54 Å². The van der Waals surface area contributed by atoms with Crippen LogP contribution < -0.4 is 0 Å². The SMILES string of the molecule is O=C(/C=C/N1CCN(Cc2cccc(Cl)c2)CC1)c1ccccc1Cl. The molecule has 0 saturated carbocycles. The Morgan fingerprint density at radius 1 is 1.00 bits per heavy atom. The van der Waals surface area contributed by atoms with Crippen molar-refractivity contribution in [2.75, 3.05) is 26.2 Å². The van der Waals surface area contributed by atoms with E-state index in [0.29, 0.717) is 10.6 Å². The van der Waals surface area contributed by atoms with E-state index in [1.807, 2.05) is 36.5 Å². The summed E-state index contributed by atoms with van der Waals surface area (Å²) in [6.07, 6.45) is 3.48. The summed E-state index contributed by atoms with van der Waals surface area (Å²) in [5.41, 5.74) is 1.77. The van der Waals surface area contributed by atoms with Gasteiger partial charge in [0.15, 0.2) is 5.78 Å². The van der Waals surface area contributed by atoms with Gasteiger partial charge in [0.2, 0.25) is 0 Å². The molecule has 2 aromatic rings. The van der Waals surface area contributed by atoms with Crippen molar-refractivity contribution in [1.82, 2.24) is 9.80 Å². The van der Waals surface area contributed by atoms with Crippen molar-refractivity contribution in [3.63, 3.8) is 0 Å².